The van der Waals surface area contributed by atoms with E-state index in [9.17, 15) is 0 Å². The van der Waals surface area contributed by atoms with Gasteiger partial charge in [-0.2, -0.15) is 0 Å². The summed E-state index contributed by atoms with van der Waals surface area (Å²) in [5, 5.41) is 3.50. The highest BCUT2D eigenvalue weighted by Crippen LogP contribution is 2.24. The molecular weight excluding hydrogens is 178 g/mol. The number of thioether (sulfide) groups is 1. The first-order valence-electron chi connectivity index (χ1n) is 4.77. The van der Waals surface area contributed by atoms with E-state index in [4.69, 9.17) is 0 Å². The van der Waals surface area contributed by atoms with E-state index in [1.54, 1.807) is 11.8 Å². The van der Waals surface area contributed by atoms with Crippen LogP contribution < -0.4 is 5.32 Å². The van der Waals surface area contributed by atoms with Crippen LogP contribution in [0, 0.1) is 0 Å². The van der Waals surface area contributed by atoms with Gasteiger partial charge in [0.05, 0.1) is 0 Å². The molecule has 1 atom stereocenters. The van der Waals surface area contributed by atoms with Crippen molar-refractivity contribution in [1.82, 2.24) is 5.32 Å². The molecule has 0 aliphatic carbocycles. The molecule has 1 aromatic carbocycles. The van der Waals surface area contributed by atoms with Crippen molar-refractivity contribution in [2.24, 2.45) is 0 Å². The summed E-state index contributed by atoms with van der Waals surface area (Å²) in [6, 6.07) is 9.51. The molecule has 1 aliphatic rings. The zero-order valence-electron chi connectivity index (χ0n) is 7.92. The Kier molecular flexibility index (Phi) is 2.91. The van der Waals surface area contributed by atoms with E-state index in [-0.39, 0.29) is 0 Å². The quantitative estimate of drug-likeness (QED) is 0.725. The molecule has 1 unspecified atom stereocenters. The monoisotopic (exact) mass is 193 g/mol. The molecule has 13 heavy (non-hydrogen) atoms. The van der Waals surface area contributed by atoms with Gasteiger partial charge in [-0.3, -0.25) is 0 Å². The number of nitrogens with one attached hydrogen (secondary N) is 1. The SMILES string of the molecule is CSc1ccc(C2CCCN2)cc1. The topological polar surface area (TPSA) is 12.0 Å². The summed E-state index contributed by atoms with van der Waals surface area (Å²) in [7, 11) is 0. The van der Waals surface area contributed by atoms with Gasteiger partial charge < -0.3 is 5.32 Å². The Morgan fingerprint density at radius 1 is 1.31 bits per heavy atom. The molecule has 2 heteroatoms. The van der Waals surface area contributed by atoms with Crippen molar-refractivity contribution in [3.05, 3.63) is 29.8 Å². The van der Waals surface area contributed by atoms with Crippen molar-refractivity contribution in [1.29, 1.82) is 0 Å². The summed E-state index contributed by atoms with van der Waals surface area (Å²) >= 11 is 1.80. The maximum Gasteiger partial charge on any atom is 0.0320 e. The Morgan fingerprint density at radius 3 is 2.62 bits per heavy atom. The molecule has 1 N–H and O–H groups in total. The molecule has 0 amide bonds. The molecule has 0 spiro atoms. The van der Waals surface area contributed by atoms with E-state index < -0.39 is 0 Å². The zero-order chi connectivity index (χ0) is 9.10. The molecule has 1 aliphatic heterocycles. The minimum absolute atomic E-state index is 0.607. The van der Waals surface area contributed by atoms with E-state index in [2.05, 4.69) is 35.8 Å². The van der Waals surface area contributed by atoms with Crippen LogP contribution in [0.15, 0.2) is 29.2 Å². The van der Waals surface area contributed by atoms with Gasteiger partial charge in [-0.25, -0.2) is 0 Å². The van der Waals surface area contributed by atoms with Crippen molar-refractivity contribution >= 4 is 11.8 Å². The van der Waals surface area contributed by atoms with Crippen LogP contribution in [0.3, 0.4) is 0 Å². The minimum Gasteiger partial charge on any atom is -0.310 e. The average Bonchev–Trinajstić information content (AvgIpc) is 2.71. The minimum atomic E-state index is 0.607. The number of benzene rings is 1. The highest BCUT2D eigenvalue weighted by molar-refractivity contribution is 7.98. The highest BCUT2D eigenvalue weighted by Gasteiger charge is 2.15. The van der Waals surface area contributed by atoms with E-state index in [1.165, 1.54) is 29.8 Å². The van der Waals surface area contributed by atoms with Gasteiger partial charge in [-0.15, -0.1) is 11.8 Å². The summed E-state index contributed by atoms with van der Waals surface area (Å²) in [6.07, 6.45) is 4.72. The fourth-order valence-electron chi connectivity index (χ4n) is 1.81. The molecule has 1 heterocycles. The smallest absolute Gasteiger partial charge is 0.0320 e. The van der Waals surface area contributed by atoms with Gasteiger partial charge in [-0.05, 0) is 43.3 Å². The van der Waals surface area contributed by atoms with Crippen molar-refractivity contribution in [2.45, 2.75) is 23.8 Å². The first-order chi connectivity index (χ1) is 6.40. The summed E-state index contributed by atoms with van der Waals surface area (Å²) in [5.41, 5.74) is 1.44. The maximum absolute atomic E-state index is 3.50. The first-order valence-corrected chi connectivity index (χ1v) is 6.00. The van der Waals surface area contributed by atoms with Gasteiger partial charge in [0.25, 0.3) is 0 Å². The zero-order valence-corrected chi connectivity index (χ0v) is 8.73. The van der Waals surface area contributed by atoms with Crippen LogP contribution in [0.4, 0.5) is 0 Å². The second-order valence-corrected chi connectivity index (χ2v) is 4.30. The van der Waals surface area contributed by atoms with E-state index in [0.29, 0.717) is 6.04 Å². The van der Waals surface area contributed by atoms with Crippen LogP contribution >= 0.6 is 11.8 Å². The second-order valence-electron chi connectivity index (χ2n) is 3.42. The Morgan fingerprint density at radius 2 is 2.08 bits per heavy atom. The number of hydrogen-bond acceptors (Lipinski definition) is 2. The number of hydrogen-bond donors (Lipinski definition) is 1. The Hall–Kier alpha value is -0.470. The highest BCUT2D eigenvalue weighted by atomic mass is 32.2. The molecule has 1 fully saturated rings. The molecule has 0 aromatic heterocycles. The van der Waals surface area contributed by atoms with Crippen molar-refractivity contribution < 1.29 is 0 Å². The molecule has 1 aromatic rings. The van der Waals surface area contributed by atoms with Gasteiger partial charge in [-0.1, -0.05) is 12.1 Å². The normalized spacial score (nSPS) is 22.1. The maximum atomic E-state index is 3.50. The molecule has 0 radical (unpaired) electrons. The van der Waals surface area contributed by atoms with Crippen LogP contribution in [0.2, 0.25) is 0 Å². The average molecular weight is 193 g/mol. The van der Waals surface area contributed by atoms with Gasteiger partial charge in [0.2, 0.25) is 0 Å². The summed E-state index contributed by atoms with van der Waals surface area (Å²) in [5.74, 6) is 0. The molecule has 70 valence electrons. The lowest BCUT2D eigenvalue weighted by molar-refractivity contribution is 0.647. The third-order valence-electron chi connectivity index (χ3n) is 2.58. The van der Waals surface area contributed by atoms with Gasteiger partial charge in [0.1, 0.15) is 0 Å². The predicted molar refractivity (Wildman–Crippen MR) is 58.2 cm³/mol. The van der Waals surface area contributed by atoms with Crippen LogP contribution in [0.1, 0.15) is 24.4 Å². The lowest BCUT2D eigenvalue weighted by atomic mass is 10.1. The third-order valence-corrected chi connectivity index (χ3v) is 3.32. The largest absolute Gasteiger partial charge is 0.310 e. The Labute approximate surface area is 83.9 Å². The van der Waals surface area contributed by atoms with Crippen LogP contribution in [-0.4, -0.2) is 12.8 Å². The van der Waals surface area contributed by atoms with Crippen LogP contribution in [0.5, 0.6) is 0 Å². The molecule has 1 saturated heterocycles. The molecular formula is C11H15NS. The third kappa shape index (κ3) is 2.06. The fraction of sp³-hybridized carbons (Fsp3) is 0.455. The molecule has 1 nitrogen and oxygen atoms in total. The van der Waals surface area contributed by atoms with Crippen molar-refractivity contribution in [2.75, 3.05) is 12.8 Å². The predicted octanol–water partition coefficient (Wildman–Crippen LogP) is 2.83. The second kappa shape index (κ2) is 4.16. The number of rotatable bonds is 2. The molecule has 0 bridgehead atoms. The van der Waals surface area contributed by atoms with Crippen molar-refractivity contribution in [3.63, 3.8) is 0 Å². The summed E-state index contributed by atoms with van der Waals surface area (Å²) < 4.78 is 0. The van der Waals surface area contributed by atoms with Crippen LogP contribution in [-0.2, 0) is 0 Å². The Balaban J connectivity index is 2.12. The van der Waals surface area contributed by atoms with E-state index >= 15 is 0 Å². The molecule has 0 saturated carbocycles. The lowest BCUT2D eigenvalue weighted by Gasteiger charge is -2.10. The lowest BCUT2D eigenvalue weighted by Crippen LogP contribution is -2.12. The standard InChI is InChI=1S/C11H15NS/c1-13-10-6-4-9(5-7-10)11-3-2-8-12-11/h4-7,11-12H,2-3,8H2,1H3. The summed E-state index contributed by atoms with van der Waals surface area (Å²) in [4.78, 5) is 1.35. The first kappa shape index (κ1) is 9.10. The van der Waals surface area contributed by atoms with E-state index in [0.717, 1.165) is 0 Å². The van der Waals surface area contributed by atoms with E-state index in [1.807, 2.05) is 0 Å². The Bertz CT molecular complexity index is 262. The van der Waals surface area contributed by atoms with Gasteiger partial charge in [0.15, 0.2) is 0 Å². The molecule has 2 rings (SSSR count). The van der Waals surface area contributed by atoms with Gasteiger partial charge >= 0.3 is 0 Å². The van der Waals surface area contributed by atoms with Crippen LogP contribution in [0.25, 0.3) is 0 Å². The van der Waals surface area contributed by atoms with Crippen molar-refractivity contribution in [3.8, 4) is 0 Å². The van der Waals surface area contributed by atoms with Gasteiger partial charge in [0, 0.05) is 10.9 Å². The fourth-order valence-corrected chi connectivity index (χ4v) is 2.21. The summed E-state index contributed by atoms with van der Waals surface area (Å²) in [6.45, 7) is 1.18.